The number of aromatic nitrogens is 1. The number of methoxy groups -OCH3 is 1. The summed E-state index contributed by atoms with van der Waals surface area (Å²) in [6.45, 7) is -0.566. The zero-order chi connectivity index (χ0) is 13.9. The van der Waals surface area contributed by atoms with Gasteiger partial charge in [0.25, 0.3) is 6.43 Å². The van der Waals surface area contributed by atoms with Gasteiger partial charge in [0.15, 0.2) is 5.75 Å². The summed E-state index contributed by atoms with van der Waals surface area (Å²) in [6.07, 6.45) is -7.46. The molecule has 1 rings (SSSR count). The SMILES string of the molecule is COc1ncc(OC(F)(F)F)c(CN)c1C(F)F. The van der Waals surface area contributed by atoms with E-state index in [-0.39, 0.29) is 0 Å². The average molecular weight is 272 g/mol. The fourth-order valence-electron chi connectivity index (χ4n) is 1.34. The van der Waals surface area contributed by atoms with Crippen LogP contribution in [-0.2, 0) is 6.54 Å². The van der Waals surface area contributed by atoms with E-state index in [1.807, 2.05) is 0 Å². The van der Waals surface area contributed by atoms with Gasteiger partial charge in [-0.25, -0.2) is 13.8 Å². The van der Waals surface area contributed by atoms with Crippen molar-refractivity contribution in [2.45, 2.75) is 19.3 Å². The molecule has 18 heavy (non-hydrogen) atoms. The summed E-state index contributed by atoms with van der Waals surface area (Å²) in [7, 11) is 1.07. The highest BCUT2D eigenvalue weighted by Crippen LogP contribution is 2.37. The van der Waals surface area contributed by atoms with Gasteiger partial charge in [0.2, 0.25) is 5.88 Å². The van der Waals surface area contributed by atoms with Crippen molar-refractivity contribution in [2.75, 3.05) is 7.11 Å². The van der Waals surface area contributed by atoms with Gasteiger partial charge in [-0.2, -0.15) is 0 Å². The van der Waals surface area contributed by atoms with Crippen LogP contribution in [0.5, 0.6) is 11.6 Å². The summed E-state index contributed by atoms with van der Waals surface area (Å²) in [5, 5.41) is 0. The molecule has 0 spiro atoms. The second-order valence-electron chi connectivity index (χ2n) is 3.08. The lowest BCUT2D eigenvalue weighted by molar-refractivity contribution is -0.275. The summed E-state index contributed by atoms with van der Waals surface area (Å²) in [5.74, 6) is -1.35. The molecule has 1 heterocycles. The van der Waals surface area contributed by atoms with Crippen LogP contribution >= 0.6 is 0 Å². The zero-order valence-corrected chi connectivity index (χ0v) is 9.09. The number of nitrogens with zero attached hydrogens (tertiary/aromatic N) is 1. The first kappa shape index (κ1) is 14.4. The highest BCUT2D eigenvalue weighted by molar-refractivity contribution is 5.44. The molecule has 0 amide bonds. The van der Waals surface area contributed by atoms with Gasteiger partial charge in [-0.05, 0) is 0 Å². The van der Waals surface area contributed by atoms with Gasteiger partial charge in [0.05, 0.1) is 18.9 Å². The van der Waals surface area contributed by atoms with E-state index >= 15 is 0 Å². The maximum atomic E-state index is 12.8. The normalized spacial score (nSPS) is 11.8. The van der Waals surface area contributed by atoms with Crippen LogP contribution in [0.3, 0.4) is 0 Å². The van der Waals surface area contributed by atoms with Crippen LogP contribution in [0.1, 0.15) is 17.6 Å². The minimum absolute atomic E-state index is 0.486. The maximum Gasteiger partial charge on any atom is 0.573 e. The van der Waals surface area contributed by atoms with Crippen molar-refractivity contribution < 1.29 is 31.4 Å². The molecule has 0 aliphatic rings. The smallest absolute Gasteiger partial charge is 0.481 e. The molecule has 0 radical (unpaired) electrons. The van der Waals surface area contributed by atoms with Crippen molar-refractivity contribution in [3.8, 4) is 11.6 Å². The van der Waals surface area contributed by atoms with E-state index in [9.17, 15) is 22.0 Å². The molecule has 0 saturated heterocycles. The number of pyridine rings is 1. The number of alkyl halides is 5. The number of rotatable bonds is 4. The molecule has 0 aliphatic carbocycles. The third kappa shape index (κ3) is 3.19. The molecular formula is C9H9F5N2O2. The van der Waals surface area contributed by atoms with Crippen LogP contribution in [0.4, 0.5) is 22.0 Å². The minimum atomic E-state index is -5.01. The van der Waals surface area contributed by atoms with E-state index < -0.39 is 42.1 Å². The molecule has 9 heteroatoms. The van der Waals surface area contributed by atoms with Gasteiger partial charge in [-0.1, -0.05) is 0 Å². The highest BCUT2D eigenvalue weighted by Gasteiger charge is 2.34. The van der Waals surface area contributed by atoms with Gasteiger partial charge < -0.3 is 15.2 Å². The average Bonchev–Trinajstić information content (AvgIpc) is 2.26. The Kier molecular flexibility index (Phi) is 4.28. The molecule has 4 nitrogen and oxygen atoms in total. The van der Waals surface area contributed by atoms with Crippen LogP contribution in [0, 0.1) is 0 Å². The van der Waals surface area contributed by atoms with Crippen LogP contribution in [0.25, 0.3) is 0 Å². The summed E-state index contributed by atoms with van der Waals surface area (Å²) < 4.78 is 69.8. The fourth-order valence-corrected chi connectivity index (χ4v) is 1.34. The van der Waals surface area contributed by atoms with E-state index in [0.717, 1.165) is 7.11 Å². The van der Waals surface area contributed by atoms with Crippen molar-refractivity contribution in [3.05, 3.63) is 17.3 Å². The number of nitrogens with two attached hydrogens (primary N) is 1. The van der Waals surface area contributed by atoms with Crippen molar-refractivity contribution in [3.63, 3.8) is 0 Å². The van der Waals surface area contributed by atoms with Crippen molar-refractivity contribution >= 4 is 0 Å². The van der Waals surface area contributed by atoms with E-state index in [1.165, 1.54) is 0 Å². The predicted molar refractivity (Wildman–Crippen MR) is 50.3 cm³/mol. The van der Waals surface area contributed by atoms with Crippen LogP contribution < -0.4 is 15.2 Å². The van der Waals surface area contributed by atoms with Crippen LogP contribution in [-0.4, -0.2) is 18.5 Å². The van der Waals surface area contributed by atoms with E-state index in [1.54, 1.807) is 0 Å². The Bertz CT molecular complexity index is 422. The number of halogens is 5. The monoisotopic (exact) mass is 272 g/mol. The second kappa shape index (κ2) is 5.34. The van der Waals surface area contributed by atoms with Gasteiger partial charge in [-0.15, -0.1) is 13.2 Å². The second-order valence-corrected chi connectivity index (χ2v) is 3.08. The largest absolute Gasteiger partial charge is 0.573 e. The van der Waals surface area contributed by atoms with Gasteiger partial charge >= 0.3 is 6.36 Å². The first-order valence-corrected chi connectivity index (χ1v) is 4.59. The third-order valence-electron chi connectivity index (χ3n) is 1.99. The molecular weight excluding hydrogens is 263 g/mol. The molecule has 2 N–H and O–H groups in total. The lowest BCUT2D eigenvalue weighted by atomic mass is 10.1. The van der Waals surface area contributed by atoms with Crippen molar-refractivity contribution in [1.29, 1.82) is 0 Å². The Morgan fingerprint density at radius 3 is 2.39 bits per heavy atom. The van der Waals surface area contributed by atoms with Gasteiger partial charge in [0, 0.05) is 12.1 Å². The Hall–Kier alpha value is -1.64. The Morgan fingerprint density at radius 2 is 2.00 bits per heavy atom. The summed E-state index contributed by atoms with van der Waals surface area (Å²) >= 11 is 0. The molecule has 1 aromatic rings. The summed E-state index contributed by atoms with van der Waals surface area (Å²) in [5.41, 5.74) is 3.87. The number of ether oxygens (including phenoxy) is 2. The molecule has 1 aromatic heterocycles. The summed E-state index contributed by atoms with van der Waals surface area (Å²) in [4.78, 5) is 3.33. The lowest BCUT2D eigenvalue weighted by Crippen LogP contribution is -2.20. The Labute approximate surface area is 98.5 Å². The molecule has 0 fully saturated rings. The lowest BCUT2D eigenvalue weighted by Gasteiger charge is -2.16. The summed E-state index contributed by atoms with van der Waals surface area (Å²) in [6, 6.07) is 0. The van der Waals surface area contributed by atoms with Gasteiger partial charge in [0.1, 0.15) is 0 Å². The zero-order valence-electron chi connectivity index (χ0n) is 9.09. The van der Waals surface area contributed by atoms with Crippen molar-refractivity contribution in [1.82, 2.24) is 4.98 Å². The first-order chi connectivity index (χ1) is 8.30. The Morgan fingerprint density at radius 1 is 1.39 bits per heavy atom. The quantitative estimate of drug-likeness (QED) is 0.855. The Balaban J connectivity index is 3.33. The van der Waals surface area contributed by atoms with Crippen LogP contribution in [0.2, 0.25) is 0 Å². The third-order valence-corrected chi connectivity index (χ3v) is 1.99. The highest BCUT2D eigenvalue weighted by atomic mass is 19.4. The van der Waals surface area contributed by atoms with E-state index in [0.29, 0.717) is 6.20 Å². The number of hydrogen-bond acceptors (Lipinski definition) is 4. The molecule has 0 aromatic carbocycles. The predicted octanol–water partition coefficient (Wildman–Crippen LogP) is 2.39. The topological polar surface area (TPSA) is 57.4 Å². The molecule has 0 unspecified atom stereocenters. The minimum Gasteiger partial charge on any atom is -0.481 e. The molecule has 0 atom stereocenters. The van der Waals surface area contributed by atoms with E-state index in [2.05, 4.69) is 14.5 Å². The number of hydrogen-bond donors (Lipinski definition) is 1. The van der Waals surface area contributed by atoms with Crippen LogP contribution in [0.15, 0.2) is 6.20 Å². The fraction of sp³-hybridized carbons (Fsp3) is 0.444. The van der Waals surface area contributed by atoms with Gasteiger partial charge in [-0.3, -0.25) is 0 Å². The molecule has 102 valence electrons. The maximum absolute atomic E-state index is 12.8. The molecule has 0 bridgehead atoms. The van der Waals surface area contributed by atoms with E-state index in [4.69, 9.17) is 5.73 Å². The van der Waals surface area contributed by atoms with Crippen molar-refractivity contribution in [2.24, 2.45) is 5.73 Å². The molecule has 0 saturated carbocycles. The standard InChI is InChI=1S/C9H9F5N2O2/c1-17-8-6(7(10)11)4(2-15)5(3-16-8)18-9(12,13)14/h3,7H,2,15H2,1H3. The molecule has 0 aliphatic heterocycles. The first-order valence-electron chi connectivity index (χ1n) is 4.59.